The van der Waals surface area contributed by atoms with Gasteiger partial charge in [-0.15, -0.1) is 0 Å². The molecule has 2 aliphatic heterocycles. The molecule has 5 atom stereocenters. The number of hydrogen-bond donors (Lipinski definition) is 2. The second-order valence-electron chi connectivity index (χ2n) is 11.9. The second kappa shape index (κ2) is 9.16. The highest BCUT2D eigenvalue weighted by molar-refractivity contribution is 7.88. The van der Waals surface area contributed by atoms with E-state index in [4.69, 9.17) is 4.74 Å². The van der Waals surface area contributed by atoms with Gasteiger partial charge < -0.3 is 9.84 Å². The van der Waals surface area contributed by atoms with Crippen molar-refractivity contribution in [2.24, 2.45) is 0 Å². The molecule has 4 aliphatic rings. The van der Waals surface area contributed by atoms with Crippen molar-refractivity contribution in [3.8, 4) is 5.75 Å². The van der Waals surface area contributed by atoms with Gasteiger partial charge >= 0.3 is 0 Å². The van der Waals surface area contributed by atoms with Crippen molar-refractivity contribution in [2.45, 2.75) is 74.0 Å². The molecule has 7 heteroatoms. The van der Waals surface area contributed by atoms with E-state index < -0.39 is 33.2 Å². The number of hydrogen-bond acceptors (Lipinski definition) is 5. The van der Waals surface area contributed by atoms with Gasteiger partial charge in [-0.25, -0.2) is 13.1 Å². The first-order chi connectivity index (χ1) is 18.8. The number of likely N-dealkylation sites (tertiary alicyclic amines) is 1. The molecule has 1 saturated carbocycles. The first-order valence-electron chi connectivity index (χ1n) is 14.1. The van der Waals surface area contributed by atoms with E-state index in [9.17, 15) is 13.5 Å². The van der Waals surface area contributed by atoms with Crippen LogP contribution >= 0.6 is 0 Å². The molecule has 0 radical (unpaired) electrons. The van der Waals surface area contributed by atoms with Crippen molar-refractivity contribution in [2.75, 3.05) is 13.1 Å². The Morgan fingerprint density at radius 1 is 1.03 bits per heavy atom. The minimum atomic E-state index is -3.61. The SMILES string of the molecule is Cc1ccccc1CS(=O)(=O)N[C@H]1CC[C@@]2(O)[C@H]3Cc4cccc5c4[C@@]2(CCN3CCc2ccccc2)[C@H]1O5. The molecular formula is C32H36N2O4S. The molecule has 0 aromatic heterocycles. The molecule has 6 nitrogen and oxygen atoms in total. The van der Waals surface area contributed by atoms with E-state index in [0.29, 0.717) is 12.8 Å². The van der Waals surface area contributed by atoms with E-state index in [1.165, 1.54) is 11.1 Å². The highest BCUT2D eigenvalue weighted by Gasteiger charge is 2.72. The summed E-state index contributed by atoms with van der Waals surface area (Å²) in [6.07, 6.45) is 3.13. The van der Waals surface area contributed by atoms with Crippen molar-refractivity contribution < 1.29 is 18.3 Å². The lowest BCUT2D eigenvalue weighted by molar-refractivity contribution is -0.189. The zero-order chi connectivity index (χ0) is 26.8. The maximum atomic E-state index is 13.4. The Hall–Kier alpha value is -2.71. The van der Waals surface area contributed by atoms with Crippen LogP contribution in [0.15, 0.2) is 72.8 Å². The maximum Gasteiger partial charge on any atom is 0.216 e. The topological polar surface area (TPSA) is 78.9 Å². The molecule has 3 aromatic rings. The van der Waals surface area contributed by atoms with Crippen LogP contribution in [0.3, 0.4) is 0 Å². The second-order valence-corrected chi connectivity index (χ2v) is 13.7. The van der Waals surface area contributed by atoms with Crippen LogP contribution in [-0.2, 0) is 34.0 Å². The Kier molecular flexibility index (Phi) is 5.94. The number of sulfonamides is 1. The summed E-state index contributed by atoms with van der Waals surface area (Å²) in [6, 6.07) is 23.9. The zero-order valence-electron chi connectivity index (χ0n) is 22.3. The fraction of sp³-hybridized carbons (Fsp3) is 0.438. The maximum absolute atomic E-state index is 13.4. The molecule has 3 aromatic carbocycles. The predicted molar refractivity (Wildman–Crippen MR) is 151 cm³/mol. The number of nitrogens with one attached hydrogen (secondary N) is 1. The van der Waals surface area contributed by atoms with Crippen LogP contribution in [0.4, 0.5) is 0 Å². The third-order valence-corrected chi connectivity index (χ3v) is 11.3. The van der Waals surface area contributed by atoms with E-state index >= 15 is 0 Å². The van der Waals surface area contributed by atoms with E-state index in [0.717, 1.165) is 54.8 Å². The van der Waals surface area contributed by atoms with Gasteiger partial charge in [0, 0.05) is 18.2 Å². The summed E-state index contributed by atoms with van der Waals surface area (Å²) in [5.74, 6) is 0.756. The van der Waals surface area contributed by atoms with Gasteiger partial charge in [0.15, 0.2) is 0 Å². The minimum Gasteiger partial charge on any atom is -0.487 e. The van der Waals surface area contributed by atoms with E-state index in [1.807, 2.05) is 49.4 Å². The molecule has 39 heavy (non-hydrogen) atoms. The highest BCUT2D eigenvalue weighted by atomic mass is 32.2. The molecule has 2 heterocycles. The van der Waals surface area contributed by atoms with Crippen LogP contribution in [0.2, 0.25) is 0 Å². The quantitative estimate of drug-likeness (QED) is 0.472. The molecule has 2 bridgehead atoms. The van der Waals surface area contributed by atoms with Gasteiger partial charge in [0.1, 0.15) is 11.9 Å². The van der Waals surface area contributed by atoms with Crippen LogP contribution in [-0.4, -0.2) is 55.3 Å². The smallest absolute Gasteiger partial charge is 0.216 e. The third kappa shape index (κ3) is 3.89. The molecule has 2 N–H and O–H groups in total. The lowest BCUT2D eigenvalue weighted by Gasteiger charge is -2.64. The average molecular weight is 545 g/mol. The van der Waals surface area contributed by atoms with Crippen molar-refractivity contribution in [1.82, 2.24) is 9.62 Å². The van der Waals surface area contributed by atoms with Gasteiger partial charge in [0.2, 0.25) is 10.0 Å². The Labute approximate surface area is 231 Å². The van der Waals surface area contributed by atoms with Gasteiger partial charge in [-0.3, -0.25) is 4.90 Å². The van der Waals surface area contributed by atoms with Crippen molar-refractivity contribution in [1.29, 1.82) is 0 Å². The van der Waals surface area contributed by atoms with Crippen molar-refractivity contribution in [3.05, 3.63) is 101 Å². The van der Waals surface area contributed by atoms with Gasteiger partial charge in [-0.2, -0.15) is 0 Å². The van der Waals surface area contributed by atoms with Crippen molar-refractivity contribution in [3.63, 3.8) is 0 Å². The van der Waals surface area contributed by atoms with Gasteiger partial charge in [0.05, 0.1) is 22.8 Å². The van der Waals surface area contributed by atoms with Crippen LogP contribution in [0.1, 0.15) is 47.1 Å². The molecule has 0 unspecified atom stereocenters. The molecule has 2 aliphatic carbocycles. The molecular weight excluding hydrogens is 508 g/mol. The summed E-state index contributed by atoms with van der Waals surface area (Å²) in [5.41, 5.74) is 3.85. The molecule has 1 saturated heterocycles. The summed E-state index contributed by atoms with van der Waals surface area (Å²) >= 11 is 0. The number of piperidine rings is 1. The summed E-state index contributed by atoms with van der Waals surface area (Å²) in [6.45, 7) is 3.69. The van der Waals surface area contributed by atoms with Gasteiger partial charge in [0.25, 0.3) is 0 Å². The summed E-state index contributed by atoms with van der Waals surface area (Å²) in [5, 5.41) is 12.7. The Bertz CT molecular complexity index is 1510. The van der Waals surface area contributed by atoms with Gasteiger partial charge in [-0.1, -0.05) is 66.7 Å². The molecule has 0 amide bonds. The first kappa shape index (κ1) is 25.3. The molecule has 2 fully saturated rings. The summed E-state index contributed by atoms with van der Waals surface area (Å²) in [7, 11) is -3.61. The fourth-order valence-corrected chi connectivity index (χ4v) is 9.68. The summed E-state index contributed by atoms with van der Waals surface area (Å²) in [4.78, 5) is 2.48. The van der Waals surface area contributed by atoms with Crippen molar-refractivity contribution >= 4 is 10.0 Å². The van der Waals surface area contributed by atoms with Crippen LogP contribution in [0.5, 0.6) is 5.75 Å². The fourth-order valence-electron chi connectivity index (χ4n) is 8.16. The molecule has 7 rings (SSSR count). The minimum absolute atomic E-state index is 0.0218. The Balaban J connectivity index is 1.21. The normalized spacial score (nSPS) is 31.0. The lowest BCUT2D eigenvalue weighted by Crippen LogP contribution is -2.78. The lowest BCUT2D eigenvalue weighted by atomic mass is 9.48. The standard InChI is InChI=1S/C32H36N2O4S/c1-22-8-5-6-11-25(22)21-39(36,37)33-26-14-16-32(35)28-20-24-12-7-13-27-29(24)31(32,30(26)38-27)17-19-34(28)18-15-23-9-3-2-4-10-23/h2-13,26,28,30,33,35H,14-21H2,1H3/t26-,28+,30-,31-,32+/m0/s1. The molecule has 1 spiro atoms. The summed E-state index contributed by atoms with van der Waals surface area (Å²) < 4.78 is 36.5. The number of ether oxygens (including phenoxy) is 1. The van der Waals surface area contributed by atoms with Crippen LogP contribution in [0, 0.1) is 6.92 Å². The Morgan fingerprint density at radius 2 is 1.82 bits per heavy atom. The number of aryl methyl sites for hydroxylation is 1. The predicted octanol–water partition coefficient (Wildman–Crippen LogP) is 3.88. The third-order valence-electron chi connectivity index (χ3n) is 9.94. The Morgan fingerprint density at radius 3 is 2.64 bits per heavy atom. The van der Waals surface area contributed by atoms with Gasteiger partial charge in [-0.05, 0) is 73.9 Å². The number of nitrogens with zero attached hydrogens (tertiary/aromatic N) is 1. The zero-order valence-corrected chi connectivity index (χ0v) is 23.2. The first-order valence-corrected chi connectivity index (χ1v) is 15.8. The average Bonchev–Trinajstić information content (AvgIpc) is 3.27. The van der Waals surface area contributed by atoms with E-state index in [2.05, 4.69) is 40.0 Å². The van der Waals surface area contributed by atoms with Crippen LogP contribution in [0.25, 0.3) is 0 Å². The monoisotopic (exact) mass is 544 g/mol. The number of benzene rings is 3. The number of aliphatic hydroxyl groups is 1. The van der Waals surface area contributed by atoms with E-state index in [-0.39, 0.29) is 11.8 Å². The largest absolute Gasteiger partial charge is 0.487 e. The highest BCUT2D eigenvalue weighted by Crippen LogP contribution is 2.64. The van der Waals surface area contributed by atoms with Crippen LogP contribution < -0.4 is 9.46 Å². The number of rotatable bonds is 7. The van der Waals surface area contributed by atoms with E-state index in [1.54, 1.807) is 0 Å². The molecule has 204 valence electrons.